The smallest absolute Gasteiger partial charge is 0.366 e. The Morgan fingerprint density at radius 3 is 2.33 bits per heavy atom. The van der Waals surface area contributed by atoms with Crippen LogP contribution in [-0.2, 0) is 6.18 Å². The molecule has 0 bridgehead atoms. The van der Waals surface area contributed by atoms with Crippen molar-refractivity contribution in [2.75, 3.05) is 12.4 Å². The van der Waals surface area contributed by atoms with Gasteiger partial charge < -0.3 is 10.6 Å². The van der Waals surface area contributed by atoms with Crippen molar-refractivity contribution in [3.05, 3.63) is 41.7 Å². The van der Waals surface area contributed by atoms with Crippen LogP contribution in [0.5, 0.6) is 0 Å². The Labute approximate surface area is 125 Å². The first-order valence-electron chi connectivity index (χ1n) is 6.04. The number of nitrogens with one attached hydrogen (secondary N) is 2. The second kappa shape index (κ2) is 5.72. The molecule has 0 aliphatic carbocycles. The van der Waals surface area contributed by atoms with Gasteiger partial charge in [0, 0.05) is 18.4 Å². The number of hydrogen-bond donors (Lipinski definition) is 2. The van der Waals surface area contributed by atoms with E-state index in [-0.39, 0.29) is 0 Å². The van der Waals surface area contributed by atoms with E-state index in [1.165, 1.54) is 4.68 Å². The first kappa shape index (κ1) is 15.3. The van der Waals surface area contributed by atoms with Gasteiger partial charge in [-0.15, -0.1) is 0 Å². The third kappa shape index (κ3) is 3.52. The van der Waals surface area contributed by atoms with Gasteiger partial charge in [-0.3, -0.25) is 0 Å². The molecule has 0 saturated heterocycles. The average molecular weight is 314 g/mol. The van der Waals surface area contributed by atoms with E-state index in [9.17, 15) is 13.2 Å². The van der Waals surface area contributed by atoms with Gasteiger partial charge in [-0.05, 0) is 49.5 Å². The number of benzene rings is 1. The fourth-order valence-electron chi connectivity index (χ4n) is 1.75. The largest absolute Gasteiger partial charge is 0.435 e. The minimum Gasteiger partial charge on any atom is -0.366 e. The summed E-state index contributed by atoms with van der Waals surface area (Å²) in [7, 11) is 1.69. The maximum Gasteiger partial charge on any atom is 0.435 e. The van der Waals surface area contributed by atoms with Crippen LogP contribution in [0, 0.1) is 6.92 Å². The zero-order chi connectivity index (χ0) is 15.6. The highest BCUT2D eigenvalue weighted by atomic mass is 32.1. The summed E-state index contributed by atoms with van der Waals surface area (Å²) < 4.78 is 39.2. The molecular weight excluding hydrogens is 301 g/mol. The molecule has 0 aliphatic rings. The second-order valence-corrected chi connectivity index (χ2v) is 4.74. The summed E-state index contributed by atoms with van der Waals surface area (Å²) in [5, 5.41) is 9.74. The van der Waals surface area contributed by atoms with Crippen molar-refractivity contribution in [2.45, 2.75) is 13.1 Å². The Bertz CT molecular complexity index is 646. The van der Waals surface area contributed by atoms with E-state index in [1.807, 2.05) is 0 Å². The Morgan fingerprint density at radius 1 is 1.24 bits per heavy atom. The first-order valence-corrected chi connectivity index (χ1v) is 6.45. The van der Waals surface area contributed by atoms with Crippen LogP contribution in [0.3, 0.4) is 0 Å². The predicted molar refractivity (Wildman–Crippen MR) is 78.6 cm³/mol. The highest BCUT2D eigenvalue weighted by Gasteiger charge is 2.34. The summed E-state index contributed by atoms with van der Waals surface area (Å²) in [6.07, 6.45) is -4.45. The number of aryl methyl sites for hydroxylation is 1. The van der Waals surface area contributed by atoms with Crippen LogP contribution in [0.2, 0.25) is 0 Å². The molecule has 2 N–H and O–H groups in total. The van der Waals surface area contributed by atoms with Gasteiger partial charge in [0.2, 0.25) is 0 Å². The third-order valence-corrected chi connectivity index (χ3v) is 3.08. The van der Waals surface area contributed by atoms with E-state index >= 15 is 0 Å². The third-order valence-electron chi connectivity index (χ3n) is 2.77. The molecule has 0 fully saturated rings. The molecule has 0 radical (unpaired) electrons. The summed E-state index contributed by atoms with van der Waals surface area (Å²) in [6.45, 7) is 1.57. The summed E-state index contributed by atoms with van der Waals surface area (Å²) in [5.74, 6) is 0. The molecule has 0 aliphatic heterocycles. The Balaban J connectivity index is 2.27. The highest BCUT2D eigenvalue weighted by Crippen LogP contribution is 2.29. The van der Waals surface area contributed by atoms with Gasteiger partial charge in [0.15, 0.2) is 10.8 Å². The van der Waals surface area contributed by atoms with Crippen LogP contribution >= 0.6 is 12.2 Å². The molecule has 2 aromatic rings. The van der Waals surface area contributed by atoms with Crippen LogP contribution in [0.1, 0.15) is 11.4 Å². The van der Waals surface area contributed by atoms with E-state index in [0.29, 0.717) is 16.5 Å². The SMILES string of the molecule is CNC(=S)Nc1ccc(-n2nc(C(F)(F)F)cc2C)cc1. The lowest BCUT2D eigenvalue weighted by atomic mass is 10.2. The Morgan fingerprint density at radius 2 is 1.86 bits per heavy atom. The van der Waals surface area contributed by atoms with Crippen LogP contribution in [0.4, 0.5) is 18.9 Å². The van der Waals surface area contributed by atoms with Crippen molar-refractivity contribution >= 4 is 23.0 Å². The quantitative estimate of drug-likeness (QED) is 0.836. The molecule has 0 unspecified atom stereocenters. The zero-order valence-electron chi connectivity index (χ0n) is 11.3. The molecule has 0 atom stereocenters. The number of rotatable bonds is 2. The monoisotopic (exact) mass is 314 g/mol. The lowest BCUT2D eigenvalue weighted by Crippen LogP contribution is -2.24. The van der Waals surface area contributed by atoms with Crippen LogP contribution in [0.15, 0.2) is 30.3 Å². The van der Waals surface area contributed by atoms with E-state index < -0.39 is 11.9 Å². The van der Waals surface area contributed by atoms with Gasteiger partial charge in [-0.25, -0.2) is 4.68 Å². The molecule has 0 amide bonds. The lowest BCUT2D eigenvalue weighted by Gasteiger charge is -2.09. The van der Waals surface area contributed by atoms with Gasteiger partial charge in [0.25, 0.3) is 0 Å². The lowest BCUT2D eigenvalue weighted by molar-refractivity contribution is -0.141. The summed E-state index contributed by atoms with van der Waals surface area (Å²) in [6, 6.07) is 7.78. The minimum absolute atomic E-state index is 0.411. The normalized spacial score (nSPS) is 11.3. The molecule has 1 aromatic heterocycles. The Kier molecular flexibility index (Phi) is 4.17. The van der Waals surface area contributed by atoms with Gasteiger partial charge in [0.1, 0.15) is 0 Å². The molecular formula is C13H13F3N4S. The van der Waals surface area contributed by atoms with Crippen LogP contribution in [0.25, 0.3) is 5.69 Å². The molecule has 0 spiro atoms. The zero-order valence-corrected chi connectivity index (χ0v) is 12.1. The first-order chi connectivity index (χ1) is 9.81. The summed E-state index contributed by atoms with van der Waals surface area (Å²) >= 11 is 4.96. The van der Waals surface area contributed by atoms with Gasteiger partial charge in [-0.1, -0.05) is 0 Å². The van der Waals surface area contributed by atoms with Crippen LogP contribution < -0.4 is 10.6 Å². The number of nitrogens with zero attached hydrogens (tertiary/aromatic N) is 2. The molecule has 1 aromatic carbocycles. The minimum atomic E-state index is -4.45. The number of thiocarbonyl (C=S) groups is 1. The molecule has 1 heterocycles. The molecule has 2 rings (SSSR count). The number of alkyl halides is 3. The topological polar surface area (TPSA) is 41.9 Å². The number of halogens is 3. The maximum absolute atomic E-state index is 12.6. The average Bonchev–Trinajstić information content (AvgIpc) is 2.81. The van der Waals surface area contributed by atoms with E-state index in [0.717, 1.165) is 11.8 Å². The fourth-order valence-corrected chi connectivity index (χ4v) is 1.87. The van der Waals surface area contributed by atoms with Crippen molar-refractivity contribution in [1.29, 1.82) is 0 Å². The molecule has 4 nitrogen and oxygen atoms in total. The van der Waals surface area contributed by atoms with Gasteiger partial charge in [0.05, 0.1) is 5.69 Å². The highest BCUT2D eigenvalue weighted by molar-refractivity contribution is 7.80. The van der Waals surface area contributed by atoms with Crippen molar-refractivity contribution in [3.63, 3.8) is 0 Å². The van der Waals surface area contributed by atoms with Crippen LogP contribution in [-0.4, -0.2) is 21.9 Å². The fraction of sp³-hybridized carbons (Fsp3) is 0.231. The van der Waals surface area contributed by atoms with Crippen molar-refractivity contribution < 1.29 is 13.2 Å². The number of anilines is 1. The standard InChI is InChI=1S/C13H13F3N4S/c1-8-7-11(13(14,15)16)19-20(8)10-5-3-9(4-6-10)18-12(21)17-2/h3-7H,1-2H3,(H2,17,18,21). The Hall–Kier alpha value is -2.09. The molecule has 8 heteroatoms. The molecule has 0 saturated carbocycles. The van der Waals surface area contributed by atoms with Crippen molar-refractivity contribution in [2.24, 2.45) is 0 Å². The molecule has 112 valence electrons. The van der Waals surface area contributed by atoms with E-state index in [2.05, 4.69) is 15.7 Å². The maximum atomic E-state index is 12.6. The van der Waals surface area contributed by atoms with Crippen molar-refractivity contribution in [3.8, 4) is 5.69 Å². The second-order valence-electron chi connectivity index (χ2n) is 4.33. The van der Waals surface area contributed by atoms with Gasteiger partial charge >= 0.3 is 6.18 Å². The summed E-state index contributed by atoms with van der Waals surface area (Å²) in [5.41, 5.74) is 0.787. The summed E-state index contributed by atoms with van der Waals surface area (Å²) in [4.78, 5) is 0. The van der Waals surface area contributed by atoms with Crippen molar-refractivity contribution in [1.82, 2.24) is 15.1 Å². The number of hydrogen-bond acceptors (Lipinski definition) is 2. The number of aromatic nitrogens is 2. The molecule has 21 heavy (non-hydrogen) atoms. The predicted octanol–water partition coefficient (Wildman–Crippen LogP) is 3.12. The van der Waals surface area contributed by atoms with E-state index in [4.69, 9.17) is 12.2 Å². The van der Waals surface area contributed by atoms with E-state index in [1.54, 1.807) is 38.2 Å². The van der Waals surface area contributed by atoms with Gasteiger partial charge in [-0.2, -0.15) is 18.3 Å².